The van der Waals surface area contributed by atoms with Gasteiger partial charge in [0.05, 0.1) is 5.69 Å². The average molecular weight is 320 g/mol. The van der Waals surface area contributed by atoms with Gasteiger partial charge in [-0.25, -0.2) is 5.84 Å². The molecule has 0 spiro atoms. The van der Waals surface area contributed by atoms with Crippen molar-refractivity contribution in [3.63, 3.8) is 0 Å². The number of benzene rings is 1. The number of hydrogen-bond donors (Lipinski definition) is 3. The van der Waals surface area contributed by atoms with Crippen molar-refractivity contribution in [2.45, 2.75) is 19.8 Å². The van der Waals surface area contributed by atoms with Gasteiger partial charge in [0.15, 0.2) is 0 Å². The van der Waals surface area contributed by atoms with Crippen LogP contribution >= 0.6 is 27.5 Å². The Kier molecular flexibility index (Phi) is 6.32. The highest BCUT2D eigenvalue weighted by molar-refractivity contribution is 9.10. The molecule has 4 N–H and O–H groups in total. The molecular formula is C11H16BrClN4. The van der Waals surface area contributed by atoms with Crippen molar-refractivity contribution in [3.8, 4) is 0 Å². The summed E-state index contributed by atoms with van der Waals surface area (Å²) in [5, 5.41) is 3.77. The van der Waals surface area contributed by atoms with Crippen molar-refractivity contribution in [3.05, 3.63) is 27.7 Å². The molecule has 17 heavy (non-hydrogen) atoms. The summed E-state index contributed by atoms with van der Waals surface area (Å²) in [5.74, 6) is 5.94. The van der Waals surface area contributed by atoms with E-state index in [0.717, 1.165) is 29.5 Å². The van der Waals surface area contributed by atoms with E-state index in [4.69, 9.17) is 17.4 Å². The average Bonchev–Trinajstić information content (AvgIpc) is 2.31. The second-order valence-corrected chi connectivity index (χ2v) is 4.77. The highest BCUT2D eigenvalue weighted by Crippen LogP contribution is 2.25. The van der Waals surface area contributed by atoms with Crippen LogP contribution in [0.3, 0.4) is 0 Å². The molecule has 0 aliphatic carbocycles. The maximum absolute atomic E-state index is 5.86. The number of hydrazine groups is 1. The second-order valence-electron chi connectivity index (χ2n) is 3.48. The molecule has 0 amide bonds. The number of rotatable bonds is 4. The molecule has 0 radical (unpaired) electrons. The van der Waals surface area contributed by atoms with Crippen LogP contribution in [-0.4, -0.2) is 12.5 Å². The topological polar surface area (TPSA) is 62.4 Å². The normalized spacial score (nSPS) is 11.4. The summed E-state index contributed by atoms with van der Waals surface area (Å²) in [6, 6.07) is 5.47. The first-order valence-electron chi connectivity index (χ1n) is 5.40. The number of guanidine groups is 1. The van der Waals surface area contributed by atoms with E-state index in [0.29, 0.717) is 11.0 Å². The SMILES string of the molecule is CCCCN=C(NN)Nc1ccc(Cl)cc1Br. The molecule has 1 aromatic rings. The molecule has 0 heterocycles. The van der Waals surface area contributed by atoms with Crippen LogP contribution in [0.2, 0.25) is 5.02 Å². The Morgan fingerprint density at radius 1 is 1.53 bits per heavy atom. The van der Waals surface area contributed by atoms with E-state index in [1.54, 1.807) is 6.07 Å². The van der Waals surface area contributed by atoms with Crippen molar-refractivity contribution in [2.75, 3.05) is 11.9 Å². The lowest BCUT2D eigenvalue weighted by Gasteiger charge is -2.10. The maximum atomic E-state index is 5.86. The lowest BCUT2D eigenvalue weighted by molar-refractivity contribution is 0.801. The fourth-order valence-electron chi connectivity index (χ4n) is 1.19. The first kappa shape index (κ1) is 14.3. The van der Waals surface area contributed by atoms with E-state index in [1.807, 2.05) is 12.1 Å². The molecule has 0 unspecified atom stereocenters. The molecule has 0 aliphatic heterocycles. The van der Waals surface area contributed by atoms with Crippen LogP contribution in [0.5, 0.6) is 0 Å². The van der Waals surface area contributed by atoms with Crippen LogP contribution in [0.4, 0.5) is 5.69 Å². The lowest BCUT2D eigenvalue weighted by atomic mass is 10.3. The zero-order valence-corrected chi connectivity index (χ0v) is 12.0. The number of unbranched alkanes of at least 4 members (excludes halogenated alkanes) is 1. The minimum atomic E-state index is 0.543. The number of nitrogens with two attached hydrogens (primary N) is 1. The zero-order chi connectivity index (χ0) is 12.7. The van der Waals surface area contributed by atoms with E-state index < -0.39 is 0 Å². The third kappa shape index (κ3) is 4.93. The van der Waals surface area contributed by atoms with E-state index >= 15 is 0 Å². The fourth-order valence-corrected chi connectivity index (χ4v) is 1.97. The summed E-state index contributed by atoms with van der Waals surface area (Å²) >= 11 is 9.28. The van der Waals surface area contributed by atoms with E-state index in [1.165, 1.54) is 0 Å². The molecule has 0 saturated carbocycles. The molecule has 0 atom stereocenters. The Balaban J connectivity index is 2.70. The van der Waals surface area contributed by atoms with Crippen LogP contribution < -0.4 is 16.6 Å². The van der Waals surface area contributed by atoms with Crippen molar-refractivity contribution < 1.29 is 0 Å². The van der Waals surface area contributed by atoms with Crippen LogP contribution in [0, 0.1) is 0 Å². The van der Waals surface area contributed by atoms with Crippen LogP contribution in [-0.2, 0) is 0 Å². The molecule has 6 heteroatoms. The molecule has 4 nitrogen and oxygen atoms in total. The maximum Gasteiger partial charge on any atom is 0.210 e. The first-order valence-corrected chi connectivity index (χ1v) is 6.57. The van der Waals surface area contributed by atoms with Crippen molar-refractivity contribution in [1.29, 1.82) is 0 Å². The molecule has 94 valence electrons. The Morgan fingerprint density at radius 2 is 2.29 bits per heavy atom. The number of anilines is 1. The van der Waals surface area contributed by atoms with Gasteiger partial charge in [-0.3, -0.25) is 10.4 Å². The van der Waals surface area contributed by atoms with Gasteiger partial charge in [0.2, 0.25) is 5.96 Å². The molecule has 0 bridgehead atoms. The Hall–Kier alpha value is -0.780. The van der Waals surface area contributed by atoms with Crippen LogP contribution in [0.15, 0.2) is 27.7 Å². The molecular weight excluding hydrogens is 304 g/mol. The van der Waals surface area contributed by atoms with Gasteiger partial charge >= 0.3 is 0 Å². The van der Waals surface area contributed by atoms with Gasteiger partial charge in [0.1, 0.15) is 0 Å². The summed E-state index contributed by atoms with van der Waals surface area (Å²) < 4.78 is 0.864. The number of halogens is 2. The summed E-state index contributed by atoms with van der Waals surface area (Å²) in [6.45, 7) is 2.86. The molecule has 0 aliphatic rings. The predicted molar refractivity (Wildman–Crippen MR) is 77.3 cm³/mol. The largest absolute Gasteiger partial charge is 0.324 e. The van der Waals surface area contributed by atoms with Gasteiger partial charge in [-0.2, -0.15) is 0 Å². The third-order valence-electron chi connectivity index (χ3n) is 2.10. The van der Waals surface area contributed by atoms with Gasteiger partial charge in [0, 0.05) is 16.0 Å². The van der Waals surface area contributed by atoms with E-state index in [-0.39, 0.29) is 0 Å². The van der Waals surface area contributed by atoms with Crippen molar-refractivity contribution in [1.82, 2.24) is 5.43 Å². The summed E-state index contributed by atoms with van der Waals surface area (Å²) in [7, 11) is 0. The van der Waals surface area contributed by atoms with Crippen molar-refractivity contribution in [2.24, 2.45) is 10.8 Å². The zero-order valence-electron chi connectivity index (χ0n) is 9.63. The number of aliphatic imine (C=N–C) groups is 1. The smallest absolute Gasteiger partial charge is 0.210 e. The van der Waals surface area contributed by atoms with Gasteiger partial charge in [0.25, 0.3) is 0 Å². The number of nitrogens with zero attached hydrogens (tertiary/aromatic N) is 1. The van der Waals surface area contributed by atoms with Crippen LogP contribution in [0.1, 0.15) is 19.8 Å². The van der Waals surface area contributed by atoms with Gasteiger partial charge in [-0.05, 0) is 40.5 Å². The Bertz CT molecular complexity index is 395. The summed E-state index contributed by atoms with van der Waals surface area (Å²) in [5.41, 5.74) is 3.40. The lowest BCUT2D eigenvalue weighted by Crippen LogP contribution is -2.36. The highest BCUT2D eigenvalue weighted by atomic mass is 79.9. The summed E-state index contributed by atoms with van der Waals surface area (Å²) in [4.78, 5) is 4.31. The van der Waals surface area contributed by atoms with Gasteiger partial charge < -0.3 is 5.32 Å². The standard InChI is InChI=1S/C11H16BrClN4/c1-2-3-6-15-11(17-14)16-10-5-4-8(13)7-9(10)12/h4-5,7H,2-3,6,14H2,1H3,(H2,15,16,17). The van der Waals surface area contributed by atoms with E-state index in [9.17, 15) is 0 Å². The van der Waals surface area contributed by atoms with Crippen LogP contribution in [0.25, 0.3) is 0 Å². The molecule has 0 saturated heterocycles. The molecule has 0 aromatic heterocycles. The van der Waals surface area contributed by atoms with Gasteiger partial charge in [-0.15, -0.1) is 0 Å². The molecule has 0 fully saturated rings. The number of hydrogen-bond acceptors (Lipinski definition) is 2. The summed E-state index contributed by atoms with van der Waals surface area (Å²) in [6.07, 6.45) is 2.14. The second kappa shape index (κ2) is 7.53. The minimum absolute atomic E-state index is 0.543. The third-order valence-corrected chi connectivity index (χ3v) is 2.99. The Morgan fingerprint density at radius 3 is 2.88 bits per heavy atom. The predicted octanol–water partition coefficient (Wildman–Crippen LogP) is 3.13. The Labute approximate surface area is 115 Å². The minimum Gasteiger partial charge on any atom is -0.324 e. The fraction of sp³-hybridized carbons (Fsp3) is 0.364. The van der Waals surface area contributed by atoms with E-state index in [2.05, 4.69) is 38.6 Å². The first-order chi connectivity index (χ1) is 8.17. The molecule has 1 aromatic carbocycles. The quantitative estimate of drug-likeness (QED) is 0.263. The highest BCUT2D eigenvalue weighted by Gasteiger charge is 2.03. The molecule has 1 rings (SSSR count). The number of nitrogens with one attached hydrogen (secondary N) is 2. The van der Waals surface area contributed by atoms with Crippen molar-refractivity contribution >= 4 is 39.2 Å². The van der Waals surface area contributed by atoms with Gasteiger partial charge in [-0.1, -0.05) is 24.9 Å². The monoisotopic (exact) mass is 318 g/mol.